The normalized spacial score (nSPS) is 10.4. The minimum absolute atomic E-state index is 0.0178. The van der Waals surface area contributed by atoms with Crippen molar-refractivity contribution in [2.75, 3.05) is 32.1 Å². The van der Waals surface area contributed by atoms with Crippen molar-refractivity contribution in [3.8, 4) is 0 Å². The third-order valence-electron chi connectivity index (χ3n) is 3.28. The van der Waals surface area contributed by atoms with Gasteiger partial charge in [0.05, 0.1) is 5.69 Å². The number of benzene rings is 1. The van der Waals surface area contributed by atoms with E-state index in [0.29, 0.717) is 30.3 Å². The SMILES string of the molecule is COCCCN(CC(=O)Nc1nc(C)cs1)C(=O)c1ccccc1. The molecular weight excluding hydrogens is 326 g/mol. The molecule has 2 amide bonds. The Labute approximate surface area is 145 Å². The highest BCUT2D eigenvalue weighted by Gasteiger charge is 2.19. The number of methoxy groups -OCH3 is 1. The number of nitrogens with one attached hydrogen (secondary N) is 1. The molecule has 0 bridgehead atoms. The number of nitrogens with zero attached hydrogens (tertiary/aromatic N) is 2. The number of carbonyl (C=O) groups is 2. The first-order valence-electron chi connectivity index (χ1n) is 7.65. The Balaban J connectivity index is 2.02. The zero-order valence-electron chi connectivity index (χ0n) is 13.8. The molecule has 0 atom stereocenters. The average Bonchev–Trinajstić information content (AvgIpc) is 2.99. The number of aromatic nitrogens is 1. The van der Waals surface area contributed by atoms with Gasteiger partial charge in [-0.15, -0.1) is 11.3 Å². The standard InChI is InChI=1S/C17H21N3O3S/c1-13-12-24-17(18-13)19-15(21)11-20(9-6-10-23-2)16(22)14-7-4-3-5-8-14/h3-5,7-8,12H,6,9-11H2,1-2H3,(H,18,19,21). The van der Waals surface area contributed by atoms with Gasteiger partial charge >= 0.3 is 0 Å². The molecule has 1 aromatic heterocycles. The molecule has 7 heteroatoms. The summed E-state index contributed by atoms with van der Waals surface area (Å²) in [4.78, 5) is 30.6. The maximum Gasteiger partial charge on any atom is 0.254 e. The van der Waals surface area contributed by atoms with E-state index in [2.05, 4.69) is 10.3 Å². The highest BCUT2D eigenvalue weighted by atomic mass is 32.1. The molecule has 0 radical (unpaired) electrons. The van der Waals surface area contributed by atoms with Crippen LogP contribution in [0.5, 0.6) is 0 Å². The zero-order chi connectivity index (χ0) is 17.4. The number of ether oxygens (including phenoxy) is 1. The van der Waals surface area contributed by atoms with Crippen LogP contribution in [0.3, 0.4) is 0 Å². The van der Waals surface area contributed by atoms with Crippen LogP contribution in [0.25, 0.3) is 0 Å². The van der Waals surface area contributed by atoms with Gasteiger partial charge in [0, 0.05) is 31.2 Å². The minimum Gasteiger partial charge on any atom is -0.385 e. The number of carbonyl (C=O) groups excluding carboxylic acids is 2. The van der Waals surface area contributed by atoms with Crippen LogP contribution in [0.15, 0.2) is 35.7 Å². The summed E-state index contributed by atoms with van der Waals surface area (Å²) in [5.41, 5.74) is 1.42. The molecule has 0 saturated heterocycles. The highest BCUT2D eigenvalue weighted by molar-refractivity contribution is 7.13. The first-order valence-corrected chi connectivity index (χ1v) is 8.53. The van der Waals surface area contributed by atoms with Gasteiger partial charge in [-0.1, -0.05) is 18.2 Å². The van der Waals surface area contributed by atoms with Gasteiger partial charge in [-0.25, -0.2) is 4.98 Å². The summed E-state index contributed by atoms with van der Waals surface area (Å²) >= 11 is 1.36. The number of rotatable bonds is 8. The average molecular weight is 347 g/mol. The van der Waals surface area contributed by atoms with Crippen molar-refractivity contribution in [1.82, 2.24) is 9.88 Å². The molecule has 1 aromatic carbocycles. The number of hydrogen-bond donors (Lipinski definition) is 1. The molecule has 1 heterocycles. The Hall–Kier alpha value is -2.25. The van der Waals surface area contributed by atoms with Crippen molar-refractivity contribution in [1.29, 1.82) is 0 Å². The van der Waals surface area contributed by atoms with Gasteiger partial charge in [0.15, 0.2) is 5.13 Å². The first kappa shape index (κ1) is 18.1. The van der Waals surface area contributed by atoms with Gasteiger partial charge in [0.25, 0.3) is 5.91 Å². The fraction of sp³-hybridized carbons (Fsp3) is 0.353. The van der Waals surface area contributed by atoms with Crippen molar-refractivity contribution in [2.45, 2.75) is 13.3 Å². The quantitative estimate of drug-likeness (QED) is 0.745. The van der Waals surface area contributed by atoms with E-state index >= 15 is 0 Å². The molecule has 6 nitrogen and oxygen atoms in total. The van der Waals surface area contributed by atoms with Crippen LogP contribution in [0.1, 0.15) is 22.5 Å². The van der Waals surface area contributed by atoms with E-state index < -0.39 is 0 Å². The van der Waals surface area contributed by atoms with Crippen LogP contribution < -0.4 is 5.32 Å². The molecule has 128 valence electrons. The van der Waals surface area contributed by atoms with E-state index in [1.807, 2.05) is 18.4 Å². The third-order valence-corrected chi connectivity index (χ3v) is 4.16. The fourth-order valence-corrected chi connectivity index (χ4v) is 2.86. The number of amides is 2. The van der Waals surface area contributed by atoms with Crippen LogP contribution in [0.2, 0.25) is 0 Å². The summed E-state index contributed by atoms with van der Waals surface area (Å²) < 4.78 is 5.03. The smallest absolute Gasteiger partial charge is 0.254 e. The molecule has 1 N–H and O–H groups in total. The number of anilines is 1. The van der Waals surface area contributed by atoms with Crippen LogP contribution in [-0.4, -0.2) is 48.5 Å². The summed E-state index contributed by atoms with van der Waals surface area (Å²) in [5, 5.41) is 5.14. The Morgan fingerprint density at radius 1 is 1.29 bits per heavy atom. The Morgan fingerprint density at radius 3 is 2.67 bits per heavy atom. The molecular formula is C17H21N3O3S. The Bertz CT molecular complexity index is 673. The van der Waals surface area contributed by atoms with Gasteiger partial charge in [0.2, 0.25) is 5.91 Å². The summed E-state index contributed by atoms with van der Waals surface area (Å²) in [5.74, 6) is -0.428. The highest BCUT2D eigenvalue weighted by Crippen LogP contribution is 2.14. The number of aryl methyl sites for hydroxylation is 1. The van der Waals surface area contributed by atoms with Crippen LogP contribution in [-0.2, 0) is 9.53 Å². The zero-order valence-corrected chi connectivity index (χ0v) is 14.6. The lowest BCUT2D eigenvalue weighted by atomic mass is 10.2. The maximum absolute atomic E-state index is 12.6. The predicted octanol–water partition coefficient (Wildman–Crippen LogP) is 2.57. The molecule has 0 aliphatic rings. The monoisotopic (exact) mass is 347 g/mol. The van der Waals surface area contributed by atoms with Crippen molar-refractivity contribution in [3.05, 3.63) is 47.0 Å². The number of thiazole rings is 1. The number of hydrogen-bond acceptors (Lipinski definition) is 5. The van der Waals surface area contributed by atoms with Gasteiger partial charge in [-0.05, 0) is 25.5 Å². The molecule has 0 unspecified atom stereocenters. The Kier molecular flexibility index (Phi) is 6.89. The molecule has 2 rings (SSSR count). The first-order chi connectivity index (χ1) is 11.6. The molecule has 2 aromatic rings. The molecule has 24 heavy (non-hydrogen) atoms. The second kappa shape index (κ2) is 9.14. The van der Waals surface area contributed by atoms with Crippen molar-refractivity contribution in [2.24, 2.45) is 0 Å². The topological polar surface area (TPSA) is 71.5 Å². The molecule has 0 fully saturated rings. The van der Waals surface area contributed by atoms with Gasteiger partial charge in [-0.2, -0.15) is 0 Å². The summed E-state index contributed by atoms with van der Waals surface area (Å²) in [6.45, 7) is 2.83. The van der Waals surface area contributed by atoms with Crippen LogP contribution in [0.4, 0.5) is 5.13 Å². The van der Waals surface area contributed by atoms with Gasteiger partial charge < -0.3 is 15.0 Å². The molecule has 0 aliphatic carbocycles. The van der Waals surface area contributed by atoms with E-state index in [-0.39, 0.29) is 18.4 Å². The summed E-state index contributed by atoms with van der Waals surface area (Å²) in [7, 11) is 1.61. The van der Waals surface area contributed by atoms with Crippen molar-refractivity contribution >= 4 is 28.3 Å². The molecule has 0 aliphatic heterocycles. The maximum atomic E-state index is 12.6. The predicted molar refractivity (Wildman–Crippen MR) is 94.3 cm³/mol. The lowest BCUT2D eigenvalue weighted by Crippen LogP contribution is -2.39. The minimum atomic E-state index is -0.258. The third kappa shape index (κ3) is 5.43. The van der Waals surface area contributed by atoms with E-state index in [1.54, 1.807) is 31.4 Å². The van der Waals surface area contributed by atoms with E-state index in [0.717, 1.165) is 5.69 Å². The van der Waals surface area contributed by atoms with Gasteiger partial charge in [0.1, 0.15) is 6.54 Å². The molecule has 0 spiro atoms. The van der Waals surface area contributed by atoms with E-state index in [1.165, 1.54) is 16.2 Å². The van der Waals surface area contributed by atoms with Crippen molar-refractivity contribution in [3.63, 3.8) is 0 Å². The lowest BCUT2D eigenvalue weighted by Gasteiger charge is -2.22. The second-order valence-electron chi connectivity index (χ2n) is 5.28. The van der Waals surface area contributed by atoms with Crippen molar-refractivity contribution < 1.29 is 14.3 Å². The summed E-state index contributed by atoms with van der Waals surface area (Å²) in [6, 6.07) is 8.95. The van der Waals surface area contributed by atoms with E-state index in [9.17, 15) is 9.59 Å². The molecule has 0 saturated carbocycles. The second-order valence-corrected chi connectivity index (χ2v) is 6.14. The lowest BCUT2D eigenvalue weighted by molar-refractivity contribution is -0.116. The van der Waals surface area contributed by atoms with E-state index in [4.69, 9.17) is 4.74 Å². The largest absolute Gasteiger partial charge is 0.385 e. The summed E-state index contributed by atoms with van der Waals surface area (Å²) in [6.07, 6.45) is 0.665. The Morgan fingerprint density at radius 2 is 2.04 bits per heavy atom. The van der Waals surface area contributed by atoms with Crippen LogP contribution in [0, 0.1) is 6.92 Å². The van der Waals surface area contributed by atoms with Crippen LogP contribution >= 0.6 is 11.3 Å². The van der Waals surface area contributed by atoms with Gasteiger partial charge in [-0.3, -0.25) is 9.59 Å². The fourth-order valence-electron chi connectivity index (χ4n) is 2.16.